The molecule has 3 heterocycles. The van der Waals surface area contributed by atoms with Gasteiger partial charge in [0.25, 0.3) is 0 Å². The van der Waals surface area contributed by atoms with E-state index in [1.54, 1.807) is 25.7 Å². The summed E-state index contributed by atoms with van der Waals surface area (Å²) in [5, 5.41) is 3.18. The van der Waals surface area contributed by atoms with Gasteiger partial charge in [0.2, 0.25) is 5.95 Å². The zero-order valence-electron chi connectivity index (χ0n) is 14.0. The minimum absolute atomic E-state index is 0.439. The van der Waals surface area contributed by atoms with Crippen LogP contribution < -0.4 is 10.1 Å². The van der Waals surface area contributed by atoms with Crippen LogP contribution >= 0.6 is 11.6 Å². The molecule has 0 saturated heterocycles. The summed E-state index contributed by atoms with van der Waals surface area (Å²) in [5.74, 6) is 2.48. The smallest absolute Gasteiger partial charge is 0.206 e. The van der Waals surface area contributed by atoms with Crippen molar-refractivity contribution in [1.29, 1.82) is 0 Å². The first-order chi connectivity index (χ1) is 12.8. The lowest BCUT2D eigenvalue weighted by Crippen LogP contribution is -1.95. The molecule has 0 amide bonds. The van der Waals surface area contributed by atoms with Crippen LogP contribution in [0.4, 0.5) is 11.8 Å². The lowest BCUT2D eigenvalue weighted by atomic mass is 10.1. The highest BCUT2D eigenvalue weighted by atomic mass is 35.5. The number of nitrogens with one attached hydrogen (secondary N) is 2. The third-order valence-electron chi connectivity index (χ3n) is 4.02. The third-order valence-corrected chi connectivity index (χ3v) is 4.33. The Bertz CT molecular complexity index is 1060. The van der Waals surface area contributed by atoms with E-state index >= 15 is 0 Å². The van der Waals surface area contributed by atoms with Crippen molar-refractivity contribution in [2.75, 3.05) is 12.4 Å². The first-order valence-corrected chi connectivity index (χ1v) is 8.56. The van der Waals surface area contributed by atoms with E-state index in [0.29, 0.717) is 17.6 Å². The Balaban J connectivity index is 1.67. The van der Waals surface area contributed by atoms with Crippen molar-refractivity contribution in [1.82, 2.24) is 19.9 Å². The average Bonchev–Trinajstić information content (AvgIpc) is 3.09. The Kier molecular flexibility index (Phi) is 4.41. The van der Waals surface area contributed by atoms with E-state index in [2.05, 4.69) is 25.3 Å². The number of ether oxygens (including phenoxy) is 1. The van der Waals surface area contributed by atoms with Crippen LogP contribution in [0, 0.1) is 0 Å². The molecule has 0 unspecified atom stereocenters. The third kappa shape index (κ3) is 3.19. The van der Waals surface area contributed by atoms with Crippen LogP contribution in [0.2, 0.25) is 0 Å². The predicted molar refractivity (Wildman–Crippen MR) is 103 cm³/mol. The van der Waals surface area contributed by atoms with Gasteiger partial charge in [-0.15, -0.1) is 11.6 Å². The van der Waals surface area contributed by atoms with Gasteiger partial charge in [-0.2, -0.15) is 0 Å². The molecular formula is C19H16ClN5O. The molecule has 4 aromatic rings. The minimum atomic E-state index is 0.439. The number of aromatic amines is 1. The Hall–Kier alpha value is -3.12. The van der Waals surface area contributed by atoms with Gasteiger partial charge in [0.05, 0.1) is 24.3 Å². The molecule has 0 aliphatic heterocycles. The lowest BCUT2D eigenvalue weighted by molar-refractivity contribution is 0.414. The normalized spacial score (nSPS) is 10.8. The Morgan fingerprint density at radius 3 is 2.92 bits per heavy atom. The van der Waals surface area contributed by atoms with Gasteiger partial charge in [-0.1, -0.05) is 6.07 Å². The van der Waals surface area contributed by atoms with Gasteiger partial charge in [0.15, 0.2) is 0 Å². The Morgan fingerprint density at radius 2 is 2.08 bits per heavy atom. The fourth-order valence-corrected chi connectivity index (χ4v) is 2.93. The van der Waals surface area contributed by atoms with Gasteiger partial charge in [-0.25, -0.2) is 9.97 Å². The first-order valence-electron chi connectivity index (χ1n) is 8.03. The number of anilines is 2. The van der Waals surface area contributed by atoms with Crippen LogP contribution in [-0.2, 0) is 5.88 Å². The second kappa shape index (κ2) is 7.01. The van der Waals surface area contributed by atoms with Crippen LogP contribution in [0.3, 0.4) is 0 Å². The van der Waals surface area contributed by atoms with E-state index in [0.717, 1.165) is 33.5 Å². The van der Waals surface area contributed by atoms with Crippen molar-refractivity contribution < 1.29 is 4.74 Å². The fourth-order valence-electron chi connectivity index (χ4n) is 2.76. The van der Waals surface area contributed by atoms with E-state index < -0.39 is 0 Å². The van der Waals surface area contributed by atoms with Gasteiger partial charge >= 0.3 is 0 Å². The zero-order valence-corrected chi connectivity index (χ0v) is 14.8. The van der Waals surface area contributed by atoms with Crippen molar-refractivity contribution in [2.45, 2.75) is 5.88 Å². The second-order valence-corrected chi connectivity index (χ2v) is 5.97. The number of fused-ring (bicyclic) bond motifs is 1. The van der Waals surface area contributed by atoms with Crippen LogP contribution in [-0.4, -0.2) is 27.0 Å². The van der Waals surface area contributed by atoms with Crippen LogP contribution in [0.25, 0.3) is 22.2 Å². The van der Waals surface area contributed by atoms with Gasteiger partial charge in [0.1, 0.15) is 11.6 Å². The van der Waals surface area contributed by atoms with E-state index in [4.69, 9.17) is 16.3 Å². The number of hydrogen-bond acceptors (Lipinski definition) is 5. The lowest BCUT2D eigenvalue weighted by Gasteiger charge is -2.07. The minimum Gasteiger partial charge on any atom is -0.494 e. The van der Waals surface area contributed by atoms with Crippen LogP contribution in [0.1, 0.15) is 5.56 Å². The molecule has 0 saturated carbocycles. The summed E-state index contributed by atoms with van der Waals surface area (Å²) in [7, 11) is 1.64. The van der Waals surface area contributed by atoms with E-state index in [1.807, 2.05) is 36.4 Å². The average molecular weight is 366 g/mol. The summed E-state index contributed by atoms with van der Waals surface area (Å²) in [5.41, 5.74) is 4.77. The molecule has 0 radical (unpaired) electrons. The molecule has 4 rings (SSSR count). The maximum absolute atomic E-state index is 5.87. The number of imidazole rings is 1. The van der Waals surface area contributed by atoms with Crippen LogP contribution in [0.5, 0.6) is 5.75 Å². The molecule has 130 valence electrons. The Labute approximate surface area is 155 Å². The molecule has 0 spiro atoms. The molecule has 0 aliphatic rings. The first kappa shape index (κ1) is 16.4. The highest BCUT2D eigenvalue weighted by molar-refractivity contribution is 6.17. The van der Waals surface area contributed by atoms with Crippen molar-refractivity contribution >= 4 is 34.4 Å². The molecule has 0 bridgehead atoms. The van der Waals surface area contributed by atoms with Crippen molar-refractivity contribution in [3.05, 3.63) is 60.6 Å². The molecule has 26 heavy (non-hydrogen) atoms. The number of pyridine rings is 2. The summed E-state index contributed by atoms with van der Waals surface area (Å²) in [6.07, 6.45) is 5.17. The number of halogens is 1. The summed E-state index contributed by atoms with van der Waals surface area (Å²) < 4.78 is 5.40. The second-order valence-electron chi connectivity index (χ2n) is 5.70. The summed E-state index contributed by atoms with van der Waals surface area (Å²) in [6, 6.07) is 11.7. The van der Waals surface area contributed by atoms with Crippen molar-refractivity contribution in [3.8, 4) is 16.9 Å². The van der Waals surface area contributed by atoms with E-state index in [9.17, 15) is 0 Å². The topological polar surface area (TPSA) is 75.7 Å². The molecule has 0 atom stereocenters. The number of methoxy groups -OCH3 is 1. The number of nitrogens with zero attached hydrogens (tertiary/aromatic N) is 3. The molecule has 3 aromatic heterocycles. The number of rotatable bonds is 5. The van der Waals surface area contributed by atoms with Gasteiger partial charge in [-0.3, -0.25) is 4.98 Å². The molecule has 0 fully saturated rings. The number of alkyl halides is 1. The maximum Gasteiger partial charge on any atom is 0.206 e. The summed E-state index contributed by atoms with van der Waals surface area (Å²) in [6.45, 7) is 0. The predicted octanol–water partition coefficient (Wildman–Crippen LogP) is 4.51. The fraction of sp³-hybridized carbons (Fsp3) is 0.105. The molecular weight excluding hydrogens is 350 g/mol. The van der Waals surface area contributed by atoms with Gasteiger partial charge in [0, 0.05) is 23.8 Å². The number of H-pyrrole nitrogens is 1. The Morgan fingerprint density at radius 1 is 1.15 bits per heavy atom. The summed E-state index contributed by atoms with van der Waals surface area (Å²) >= 11 is 5.87. The molecule has 6 nitrogen and oxygen atoms in total. The van der Waals surface area contributed by atoms with Crippen molar-refractivity contribution in [3.63, 3.8) is 0 Å². The van der Waals surface area contributed by atoms with Crippen LogP contribution in [0.15, 0.2) is 55.0 Å². The maximum atomic E-state index is 5.87. The van der Waals surface area contributed by atoms with Gasteiger partial charge in [-0.05, 0) is 41.5 Å². The highest BCUT2D eigenvalue weighted by Crippen LogP contribution is 2.31. The molecule has 1 aromatic carbocycles. The highest BCUT2D eigenvalue weighted by Gasteiger charge is 2.09. The van der Waals surface area contributed by atoms with Gasteiger partial charge < -0.3 is 15.0 Å². The standard InChI is InChI=1S/C19H16ClN5O/c1-26-17-11-21-6-5-14(17)13-2-3-15-16(9-13)24-19(23-15)25-18-8-12(10-20)4-7-22-18/h2-9,11H,10H2,1H3,(H2,22,23,24,25). The SMILES string of the molecule is COc1cnccc1-c1ccc2nc(Nc3cc(CCl)ccn3)[nH]c2c1. The van der Waals surface area contributed by atoms with E-state index in [1.165, 1.54) is 0 Å². The van der Waals surface area contributed by atoms with E-state index in [-0.39, 0.29) is 0 Å². The monoisotopic (exact) mass is 365 g/mol. The number of benzene rings is 1. The quantitative estimate of drug-likeness (QED) is 0.509. The number of aromatic nitrogens is 4. The number of hydrogen-bond donors (Lipinski definition) is 2. The largest absolute Gasteiger partial charge is 0.494 e. The summed E-state index contributed by atoms with van der Waals surface area (Å²) in [4.78, 5) is 16.2. The van der Waals surface area contributed by atoms with Crippen molar-refractivity contribution in [2.24, 2.45) is 0 Å². The zero-order chi connectivity index (χ0) is 17.9. The molecule has 7 heteroatoms. The molecule has 0 aliphatic carbocycles. The molecule has 2 N–H and O–H groups in total.